The summed E-state index contributed by atoms with van der Waals surface area (Å²) in [6, 6.07) is 0.465. The van der Waals surface area contributed by atoms with Crippen LogP contribution in [-0.2, 0) is 4.79 Å². The van der Waals surface area contributed by atoms with Gasteiger partial charge < -0.3 is 14.9 Å². The molecule has 1 saturated carbocycles. The average Bonchev–Trinajstić information content (AvgIpc) is 2.75. The fourth-order valence-electron chi connectivity index (χ4n) is 3.60. The first-order chi connectivity index (χ1) is 8.66. The smallest absolute Gasteiger partial charge is 0.222 e. The number of likely N-dealkylation sites (tertiary alicyclic amines) is 2. The normalized spacial score (nSPS) is 29.6. The second-order valence-electron chi connectivity index (χ2n) is 6.28. The largest absolute Gasteiger partial charge is 0.389 e. The first kappa shape index (κ1) is 12.4. The Bertz CT molecular complexity index is 320. The number of carbonyl (C=O) groups is 1. The first-order valence-electron chi connectivity index (χ1n) is 7.41. The topological polar surface area (TPSA) is 43.8 Å². The molecule has 0 aromatic rings. The number of amides is 1. The minimum atomic E-state index is -0.393. The fraction of sp³-hybridized carbons (Fsp3) is 0.929. The molecule has 0 unspecified atom stereocenters. The maximum Gasteiger partial charge on any atom is 0.222 e. The molecule has 3 aliphatic rings. The average molecular weight is 252 g/mol. The van der Waals surface area contributed by atoms with Gasteiger partial charge >= 0.3 is 0 Å². The van der Waals surface area contributed by atoms with Crippen LogP contribution in [0.1, 0.15) is 44.9 Å². The van der Waals surface area contributed by atoms with Gasteiger partial charge in [-0.15, -0.1) is 0 Å². The molecule has 1 amide bonds. The van der Waals surface area contributed by atoms with Crippen LogP contribution in [0.15, 0.2) is 0 Å². The maximum absolute atomic E-state index is 11.7. The van der Waals surface area contributed by atoms with E-state index in [0.717, 1.165) is 64.7 Å². The molecule has 0 bridgehead atoms. The molecule has 2 saturated heterocycles. The van der Waals surface area contributed by atoms with Crippen LogP contribution >= 0.6 is 0 Å². The van der Waals surface area contributed by atoms with Gasteiger partial charge in [0.15, 0.2) is 0 Å². The Morgan fingerprint density at radius 1 is 1.17 bits per heavy atom. The second-order valence-corrected chi connectivity index (χ2v) is 6.28. The fourth-order valence-corrected chi connectivity index (χ4v) is 3.60. The number of carbonyl (C=O) groups excluding carboxylic acids is 1. The molecule has 2 aliphatic heterocycles. The van der Waals surface area contributed by atoms with Crippen molar-refractivity contribution in [2.75, 3.05) is 26.2 Å². The van der Waals surface area contributed by atoms with E-state index in [4.69, 9.17) is 0 Å². The third-order valence-electron chi connectivity index (χ3n) is 4.91. The SMILES string of the molecule is O=C1CCCN1C1CCN(CC2(O)CCC2)CC1. The molecular weight excluding hydrogens is 228 g/mol. The minimum Gasteiger partial charge on any atom is -0.389 e. The highest BCUT2D eigenvalue weighted by Crippen LogP contribution is 2.33. The van der Waals surface area contributed by atoms with Crippen LogP contribution in [-0.4, -0.2) is 58.6 Å². The Labute approximate surface area is 109 Å². The summed E-state index contributed by atoms with van der Waals surface area (Å²) in [5, 5.41) is 10.2. The summed E-state index contributed by atoms with van der Waals surface area (Å²) < 4.78 is 0. The first-order valence-corrected chi connectivity index (χ1v) is 7.41. The summed E-state index contributed by atoms with van der Waals surface area (Å²) >= 11 is 0. The van der Waals surface area contributed by atoms with Gasteiger partial charge in [-0.2, -0.15) is 0 Å². The zero-order valence-corrected chi connectivity index (χ0v) is 11.1. The van der Waals surface area contributed by atoms with Crippen molar-refractivity contribution in [1.29, 1.82) is 0 Å². The molecule has 0 atom stereocenters. The summed E-state index contributed by atoms with van der Waals surface area (Å²) in [6.45, 7) is 3.88. The van der Waals surface area contributed by atoms with Gasteiger partial charge in [-0.3, -0.25) is 4.79 Å². The quantitative estimate of drug-likeness (QED) is 0.814. The number of hydrogen-bond acceptors (Lipinski definition) is 3. The predicted molar refractivity (Wildman–Crippen MR) is 69.2 cm³/mol. The van der Waals surface area contributed by atoms with E-state index in [2.05, 4.69) is 9.80 Å². The van der Waals surface area contributed by atoms with Crippen molar-refractivity contribution in [2.45, 2.75) is 56.6 Å². The maximum atomic E-state index is 11.7. The van der Waals surface area contributed by atoms with Crippen molar-refractivity contribution in [2.24, 2.45) is 0 Å². The van der Waals surface area contributed by atoms with Crippen LogP contribution in [0.5, 0.6) is 0 Å². The lowest BCUT2D eigenvalue weighted by atomic mass is 9.79. The van der Waals surface area contributed by atoms with Crippen LogP contribution in [0.25, 0.3) is 0 Å². The molecule has 102 valence electrons. The van der Waals surface area contributed by atoms with Crippen molar-refractivity contribution in [3.8, 4) is 0 Å². The highest BCUT2D eigenvalue weighted by Gasteiger charge is 2.38. The van der Waals surface area contributed by atoms with Crippen LogP contribution in [0, 0.1) is 0 Å². The third kappa shape index (κ3) is 2.41. The summed E-state index contributed by atoms with van der Waals surface area (Å²) in [7, 11) is 0. The lowest BCUT2D eigenvalue weighted by molar-refractivity contribution is -0.131. The third-order valence-corrected chi connectivity index (χ3v) is 4.91. The monoisotopic (exact) mass is 252 g/mol. The number of hydrogen-bond donors (Lipinski definition) is 1. The van der Waals surface area contributed by atoms with Gasteiger partial charge in [0.05, 0.1) is 5.60 Å². The molecule has 0 spiro atoms. The van der Waals surface area contributed by atoms with E-state index in [0.29, 0.717) is 11.9 Å². The van der Waals surface area contributed by atoms with E-state index < -0.39 is 5.60 Å². The van der Waals surface area contributed by atoms with E-state index in [1.165, 1.54) is 6.42 Å². The molecular formula is C14H24N2O2. The van der Waals surface area contributed by atoms with Crippen molar-refractivity contribution in [3.05, 3.63) is 0 Å². The number of β-amino-alcohol motifs (C(OH)–C–C–N with tert-alkyl or cyclic N) is 1. The summed E-state index contributed by atoms with van der Waals surface area (Å²) in [4.78, 5) is 16.2. The van der Waals surface area contributed by atoms with Crippen LogP contribution in [0.2, 0.25) is 0 Å². The number of piperidine rings is 1. The van der Waals surface area contributed by atoms with E-state index in [9.17, 15) is 9.90 Å². The Hall–Kier alpha value is -0.610. The molecule has 3 fully saturated rings. The zero-order chi connectivity index (χ0) is 12.6. The summed E-state index contributed by atoms with van der Waals surface area (Å²) in [5.41, 5.74) is -0.393. The molecule has 2 heterocycles. The van der Waals surface area contributed by atoms with Crippen molar-refractivity contribution in [3.63, 3.8) is 0 Å². The van der Waals surface area contributed by atoms with Crippen LogP contribution in [0.4, 0.5) is 0 Å². The lowest BCUT2D eigenvalue weighted by Gasteiger charge is -2.43. The molecule has 4 heteroatoms. The molecule has 18 heavy (non-hydrogen) atoms. The van der Waals surface area contributed by atoms with E-state index >= 15 is 0 Å². The van der Waals surface area contributed by atoms with Crippen molar-refractivity contribution in [1.82, 2.24) is 9.80 Å². The zero-order valence-electron chi connectivity index (χ0n) is 11.1. The van der Waals surface area contributed by atoms with Crippen molar-refractivity contribution < 1.29 is 9.90 Å². The molecule has 0 radical (unpaired) electrons. The molecule has 0 aromatic carbocycles. The molecule has 1 aliphatic carbocycles. The van der Waals surface area contributed by atoms with Gasteiger partial charge in [0.2, 0.25) is 5.91 Å². The Kier molecular flexibility index (Phi) is 3.32. The summed E-state index contributed by atoms with van der Waals surface area (Å²) in [5.74, 6) is 0.353. The van der Waals surface area contributed by atoms with Gasteiger partial charge in [0.1, 0.15) is 0 Å². The van der Waals surface area contributed by atoms with E-state index in [-0.39, 0.29) is 0 Å². The number of rotatable bonds is 3. The lowest BCUT2D eigenvalue weighted by Crippen LogP contribution is -2.52. The van der Waals surface area contributed by atoms with Crippen LogP contribution < -0.4 is 0 Å². The Morgan fingerprint density at radius 3 is 2.39 bits per heavy atom. The van der Waals surface area contributed by atoms with Gasteiger partial charge in [-0.25, -0.2) is 0 Å². The van der Waals surface area contributed by atoms with Gasteiger partial charge in [-0.05, 0) is 38.5 Å². The minimum absolute atomic E-state index is 0.353. The highest BCUT2D eigenvalue weighted by atomic mass is 16.3. The predicted octanol–water partition coefficient (Wildman–Crippen LogP) is 0.988. The second kappa shape index (κ2) is 4.82. The van der Waals surface area contributed by atoms with Gasteiger partial charge in [-0.1, -0.05) is 0 Å². The summed E-state index contributed by atoms with van der Waals surface area (Å²) in [6.07, 6.45) is 7.08. The highest BCUT2D eigenvalue weighted by molar-refractivity contribution is 5.78. The van der Waals surface area contributed by atoms with Gasteiger partial charge in [0.25, 0.3) is 0 Å². The van der Waals surface area contributed by atoms with Gasteiger partial charge in [0, 0.05) is 38.6 Å². The van der Waals surface area contributed by atoms with E-state index in [1.54, 1.807) is 0 Å². The Morgan fingerprint density at radius 2 is 1.89 bits per heavy atom. The van der Waals surface area contributed by atoms with E-state index in [1.807, 2.05) is 0 Å². The molecule has 3 rings (SSSR count). The molecule has 4 nitrogen and oxygen atoms in total. The molecule has 1 N–H and O–H groups in total. The molecule has 0 aromatic heterocycles. The number of nitrogens with zero attached hydrogens (tertiary/aromatic N) is 2. The number of aliphatic hydroxyl groups is 1. The standard InChI is InChI=1S/C14H24N2O2/c17-13-3-1-8-16(13)12-4-9-15(10-5-12)11-14(18)6-2-7-14/h12,18H,1-11H2. The van der Waals surface area contributed by atoms with Crippen molar-refractivity contribution >= 4 is 5.91 Å². The van der Waals surface area contributed by atoms with Crippen LogP contribution in [0.3, 0.4) is 0 Å². The Balaban J connectivity index is 1.47.